The summed E-state index contributed by atoms with van der Waals surface area (Å²) >= 11 is 0. The van der Waals surface area contributed by atoms with Crippen LogP contribution < -0.4 is 11.1 Å². The number of nitrogens with zero attached hydrogens (tertiary/aromatic N) is 3. The molecule has 0 amide bonds. The molecule has 1 fully saturated rings. The van der Waals surface area contributed by atoms with E-state index in [1.54, 1.807) is 6.20 Å². The summed E-state index contributed by atoms with van der Waals surface area (Å²) < 4.78 is 8.00. The highest BCUT2D eigenvalue weighted by atomic mass is 16.3. The van der Waals surface area contributed by atoms with Crippen molar-refractivity contribution in [2.24, 2.45) is 0 Å². The number of furan rings is 1. The van der Waals surface area contributed by atoms with Crippen LogP contribution in [-0.4, -0.2) is 27.9 Å². The zero-order valence-corrected chi connectivity index (χ0v) is 14.2. The summed E-state index contributed by atoms with van der Waals surface area (Å²) in [6, 6.07) is 12.4. The van der Waals surface area contributed by atoms with Crippen molar-refractivity contribution in [3.63, 3.8) is 0 Å². The predicted molar refractivity (Wildman–Crippen MR) is 102 cm³/mol. The molecule has 1 saturated heterocycles. The molecule has 0 unspecified atom stereocenters. The van der Waals surface area contributed by atoms with Gasteiger partial charge in [-0.15, -0.1) is 0 Å². The fraction of sp³-hybridized carbons (Fsp3) is 0.200. The molecule has 4 aromatic rings. The monoisotopic (exact) mass is 345 g/mol. The first-order chi connectivity index (χ1) is 12.8. The fourth-order valence-electron chi connectivity index (χ4n) is 3.50. The molecule has 130 valence electrons. The second-order valence-corrected chi connectivity index (χ2v) is 6.66. The van der Waals surface area contributed by atoms with Crippen molar-refractivity contribution in [1.29, 1.82) is 0 Å². The number of hydrogen-bond acceptors (Lipinski definition) is 5. The van der Waals surface area contributed by atoms with Crippen molar-refractivity contribution in [2.75, 3.05) is 18.8 Å². The quantitative estimate of drug-likeness (QED) is 0.594. The van der Waals surface area contributed by atoms with Crippen LogP contribution in [0.1, 0.15) is 12.5 Å². The van der Waals surface area contributed by atoms with E-state index < -0.39 is 0 Å². The molecular formula is C20H19N5O. The van der Waals surface area contributed by atoms with Crippen LogP contribution in [0.2, 0.25) is 0 Å². The number of nitrogens with one attached hydrogen (secondary N) is 1. The number of fused-ring (bicyclic) bond motifs is 1. The maximum atomic E-state index is 6.13. The first kappa shape index (κ1) is 15.2. The second kappa shape index (κ2) is 6.00. The van der Waals surface area contributed by atoms with Crippen LogP contribution in [0.4, 0.5) is 5.82 Å². The van der Waals surface area contributed by atoms with Gasteiger partial charge >= 0.3 is 0 Å². The molecule has 1 aliphatic rings. The lowest BCUT2D eigenvalue weighted by atomic mass is 10.1. The predicted octanol–water partition coefficient (Wildman–Crippen LogP) is 3.47. The van der Waals surface area contributed by atoms with Gasteiger partial charge in [0.25, 0.3) is 0 Å². The number of para-hydroxylation sites is 1. The van der Waals surface area contributed by atoms with Gasteiger partial charge < -0.3 is 15.5 Å². The Bertz CT molecular complexity index is 1040. The smallest absolute Gasteiger partial charge is 0.139 e. The first-order valence-electron chi connectivity index (χ1n) is 8.78. The van der Waals surface area contributed by atoms with Gasteiger partial charge in [-0.05, 0) is 31.2 Å². The van der Waals surface area contributed by atoms with E-state index >= 15 is 0 Å². The zero-order chi connectivity index (χ0) is 17.5. The van der Waals surface area contributed by atoms with Gasteiger partial charge in [0.2, 0.25) is 0 Å². The molecule has 26 heavy (non-hydrogen) atoms. The number of pyridine rings is 1. The molecule has 6 heteroatoms. The molecule has 1 aromatic carbocycles. The van der Waals surface area contributed by atoms with E-state index in [0.29, 0.717) is 11.9 Å². The van der Waals surface area contributed by atoms with Crippen molar-refractivity contribution in [2.45, 2.75) is 12.5 Å². The Morgan fingerprint density at radius 2 is 2.08 bits per heavy atom. The van der Waals surface area contributed by atoms with E-state index in [4.69, 9.17) is 10.2 Å². The van der Waals surface area contributed by atoms with E-state index in [9.17, 15) is 0 Å². The topological polar surface area (TPSA) is 81.9 Å². The Hall–Kier alpha value is -3.12. The van der Waals surface area contributed by atoms with Crippen LogP contribution >= 0.6 is 0 Å². The molecule has 0 aliphatic carbocycles. The van der Waals surface area contributed by atoms with Crippen LogP contribution in [0.25, 0.3) is 33.4 Å². The van der Waals surface area contributed by atoms with Crippen LogP contribution in [0, 0.1) is 0 Å². The molecule has 1 aliphatic heterocycles. The number of aromatic nitrogens is 3. The number of rotatable bonds is 3. The summed E-state index contributed by atoms with van der Waals surface area (Å²) in [4.78, 5) is 4.38. The third-order valence-corrected chi connectivity index (χ3v) is 4.95. The van der Waals surface area contributed by atoms with Gasteiger partial charge in [-0.2, -0.15) is 5.10 Å². The minimum atomic E-state index is 0.417. The largest absolute Gasteiger partial charge is 0.456 e. The molecule has 3 N–H and O–H groups in total. The number of nitrogen functional groups attached to an aromatic ring is 1. The molecular weight excluding hydrogens is 326 g/mol. The number of anilines is 1. The summed E-state index contributed by atoms with van der Waals surface area (Å²) in [6.07, 6.45) is 6.85. The first-order valence-corrected chi connectivity index (χ1v) is 8.78. The Labute approximate surface area is 150 Å². The lowest BCUT2D eigenvalue weighted by molar-refractivity contribution is 0.491. The van der Waals surface area contributed by atoms with Crippen molar-refractivity contribution in [3.05, 3.63) is 55.0 Å². The number of hydrogen-bond donors (Lipinski definition) is 2. The lowest BCUT2D eigenvalue weighted by Gasteiger charge is -2.08. The highest BCUT2D eigenvalue weighted by Crippen LogP contribution is 2.33. The van der Waals surface area contributed by atoms with Crippen LogP contribution in [-0.2, 0) is 0 Å². The van der Waals surface area contributed by atoms with Gasteiger partial charge in [0.1, 0.15) is 17.2 Å². The molecule has 6 nitrogen and oxygen atoms in total. The van der Waals surface area contributed by atoms with Crippen LogP contribution in [0.3, 0.4) is 0 Å². The number of benzene rings is 1. The fourth-order valence-corrected chi connectivity index (χ4v) is 3.50. The summed E-state index contributed by atoms with van der Waals surface area (Å²) in [5, 5.41) is 8.95. The van der Waals surface area contributed by atoms with Gasteiger partial charge in [-0.3, -0.25) is 4.68 Å². The molecule has 4 heterocycles. The normalized spacial score (nSPS) is 17.2. The van der Waals surface area contributed by atoms with Crippen molar-refractivity contribution < 1.29 is 4.42 Å². The third kappa shape index (κ3) is 2.55. The molecule has 3 aromatic heterocycles. The average Bonchev–Trinajstić information content (AvgIpc) is 3.40. The summed E-state index contributed by atoms with van der Waals surface area (Å²) in [6.45, 7) is 2.00. The van der Waals surface area contributed by atoms with Gasteiger partial charge in [-0.1, -0.05) is 18.2 Å². The maximum Gasteiger partial charge on any atom is 0.139 e. The van der Waals surface area contributed by atoms with Gasteiger partial charge in [0.05, 0.1) is 17.8 Å². The van der Waals surface area contributed by atoms with Gasteiger partial charge in [0.15, 0.2) is 0 Å². The van der Waals surface area contributed by atoms with Gasteiger partial charge in [-0.25, -0.2) is 4.98 Å². The Morgan fingerprint density at radius 1 is 1.15 bits per heavy atom. The molecule has 1 atom stereocenters. The van der Waals surface area contributed by atoms with Crippen LogP contribution in [0.5, 0.6) is 0 Å². The van der Waals surface area contributed by atoms with E-state index in [1.165, 1.54) is 0 Å². The Kier molecular flexibility index (Phi) is 3.50. The molecule has 0 saturated carbocycles. The van der Waals surface area contributed by atoms with Crippen molar-refractivity contribution in [3.8, 4) is 22.5 Å². The van der Waals surface area contributed by atoms with Gasteiger partial charge in [0, 0.05) is 35.5 Å². The summed E-state index contributed by atoms with van der Waals surface area (Å²) in [5.41, 5.74) is 9.78. The van der Waals surface area contributed by atoms with Crippen molar-refractivity contribution in [1.82, 2.24) is 20.1 Å². The Balaban J connectivity index is 1.54. The maximum absolute atomic E-state index is 6.13. The highest BCUT2D eigenvalue weighted by molar-refractivity contribution is 5.86. The van der Waals surface area contributed by atoms with Crippen LogP contribution in [0.15, 0.2) is 59.4 Å². The van der Waals surface area contributed by atoms with E-state index in [1.807, 2.05) is 47.3 Å². The lowest BCUT2D eigenvalue weighted by Crippen LogP contribution is -2.13. The molecule has 0 spiro atoms. The van der Waals surface area contributed by atoms with E-state index in [0.717, 1.165) is 52.9 Å². The minimum absolute atomic E-state index is 0.417. The number of nitrogens with two attached hydrogens (primary N) is 1. The Morgan fingerprint density at radius 3 is 2.92 bits per heavy atom. The highest BCUT2D eigenvalue weighted by Gasteiger charge is 2.18. The summed E-state index contributed by atoms with van der Waals surface area (Å²) in [7, 11) is 0. The third-order valence-electron chi connectivity index (χ3n) is 4.95. The van der Waals surface area contributed by atoms with E-state index in [2.05, 4.69) is 21.6 Å². The SMILES string of the molecule is Nc1ncc(-c2cnn([C@@H]3CCNC3)c2)cc1-c1cc2ccccc2o1. The molecule has 0 bridgehead atoms. The average molecular weight is 345 g/mol. The zero-order valence-electron chi connectivity index (χ0n) is 14.2. The minimum Gasteiger partial charge on any atom is -0.456 e. The summed E-state index contributed by atoms with van der Waals surface area (Å²) in [5.74, 6) is 1.19. The molecule has 5 rings (SSSR count). The standard InChI is InChI=1S/C20H19N5O/c21-20-17(19-8-13-3-1-2-4-18(13)26-19)7-14(9-23-20)15-10-24-25(12-15)16-5-6-22-11-16/h1-4,7-10,12,16,22H,5-6,11H2,(H2,21,23)/t16-/m1/s1. The van der Waals surface area contributed by atoms with Crippen molar-refractivity contribution >= 4 is 16.8 Å². The molecule has 0 radical (unpaired) electrons. The second-order valence-electron chi connectivity index (χ2n) is 6.66. The van der Waals surface area contributed by atoms with E-state index in [-0.39, 0.29) is 0 Å².